The number of hydrogen-bond acceptors (Lipinski definition) is 2. The van der Waals surface area contributed by atoms with Crippen LogP contribution in [0.2, 0.25) is 0 Å². The highest BCUT2D eigenvalue weighted by Gasteiger charge is 2.31. The van der Waals surface area contributed by atoms with Gasteiger partial charge in [-0.1, -0.05) is 30.9 Å². The molecule has 3 heteroatoms. The van der Waals surface area contributed by atoms with E-state index in [2.05, 4.69) is 6.58 Å². The fourth-order valence-electron chi connectivity index (χ4n) is 1.65. The number of nitrogens with zero attached hydrogens (tertiary/aromatic N) is 1. The molecule has 0 aromatic carbocycles. The summed E-state index contributed by atoms with van der Waals surface area (Å²) in [6, 6.07) is 0. The van der Waals surface area contributed by atoms with Gasteiger partial charge in [0.25, 0.3) is 0 Å². The first kappa shape index (κ1) is 12.7. The fraction of sp³-hybridized carbons (Fsp3) is 0.462. The van der Waals surface area contributed by atoms with Crippen molar-refractivity contribution in [2.75, 3.05) is 13.1 Å². The van der Waals surface area contributed by atoms with E-state index in [9.17, 15) is 4.79 Å². The summed E-state index contributed by atoms with van der Waals surface area (Å²) >= 11 is 0. The molecule has 0 radical (unpaired) electrons. The number of carbonyl (C=O) groups is 1. The third-order valence-corrected chi connectivity index (χ3v) is 2.76. The standard InChI is InChI=1S/C13H19NO2/c1-4-6-7-11(5-2)10(3)13(16)14-8-12(15)9-14/h4-7,10,12,15H,2,8-9H2,1,3H3/b6-4-,11-7+. The van der Waals surface area contributed by atoms with Gasteiger partial charge in [-0.3, -0.25) is 4.79 Å². The van der Waals surface area contributed by atoms with E-state index >= 15 is 0 Å². The molecule has 0 aromatic heterocycles. The third kappa shape index (κ3) is 2.83. The summed E-state index contributed by atoms with van der Waals surface area (Å²) in [5.41, 5.74) is 0.907. The number of aliphatic hydroxyl groups is 1. The van der Waals surface area contributed by atoms with E-state index < -0.39 is 0 Å². The Morgan fingerprint density at radius 1 is 1.56 bits per heavy atom. The van der Waals surface area contributed by atoms with Gasteiger partial charge in [-0.15, -0.1) is 0 Å². The van der Waals surface area contributed by atoms with Crippen LogP contribution in [0.4, 0.5) is 0 Å². The van der Waals surface area contributed by atoms with Crippen LogP contribution in [0, 0.1) is 5.92 Å². The SMILES string of the molecule is C=C/C(=C\C=C/C)C(C)C(=O)N1CC(O)C1. The van der Waals surface area contributed by atoms with Crippen molar-refractivity contribution in [3.63, 3.8) is 0 Å². The summed E-state index contributed by atoms with van der Waals surface area (Å²) in [5.74, 6) is -0.137. The number of allylic oxidation sites excluding steroid dienone is 4. The van der Waals surface area contributed by atoms with Crippen molar-refractivity contribution in [1.29, 1.82) is 0 Å². The van der Waals surface area contributed by atoms with E-state index in [1.807, 2.05) is 32.1 Å². The molecule has 16 heavy (non-hydrogen) atoms. The second kappa shape index (κ2) is 5.66. The number of aliphatic hydroxyl groups excluding tert-OH is 1. The number of β-amino-alcohol motifs (C(OH)–C–C–N with tert-alkyl or cyclic N) is 1. The Bertz CT molecular complexity index is 325. The zero-order valence-electron chi connectivity index (χ0n) is 9.89. The Labute approximate surface area is 96.8 Å². The normalized spacial score (nSPS) is 19.7. The second-order valence-electron chi connectivity index (χ2n) is 4.02. The van der Waals surface area contributed by atoms with Crippen LogP contribution >= 0.6 is 0 Å². The highest BCUT2D eigenvalue weighted by molar-refractivity contribution is 5.82. The summed E-state index contributed by atoms with van der Waals surface area (Å²) in [6.07, 6.45) is 7.06. The van der Waals surface area contributed by atoms with Gasteiger partial charge in [-0.25, -0.2) is 0 Å². The molecule has 1 unspecified atom stereocenters. The van der Waals surface area contributed by atoms with Crippen molar-refractivity contribution in [2.45, 2.75) is 20.0 Å². The molecule has 88 valence electrons. The van der Waals surface area contributed by atoms with Gasteiger partial charge in [0.2, 0.25) is 5.91 Å². The lowest BCUT2D eigenvalue weighted by molar-refractivity contribution is -0.143. The van der Waals surface area contributed by atoms with Crippen LogP contribution in [0.3, 0.4) is 0 Å². The largest absolute Gasteiger partial charge is 0.389 e. The molecule has 1 fully saturated rings. The van der Waals surface area contributed by atoms with E-state index in [0.717, 1.165) is 5.57 Å². The van der Waals surface area contributed by atoms with Crippen LogP contribution in [0.15, 0.2) is 36.5 Å². The van der Waals surface area contributed by atoms with Crippen LogP contribution in [0.1, 0.15) is 13.8 Å². The smallest absolute Gasteiger partial charge is 0.230 e. The molecule has 0 spiro atoms. The molecule has 1 saturated heterocycles. The molecule has 1 heterocycles. The molecule has 0 aromatic rings. The van der Waals surface area contributed by atoms with Crippen molar-refractivity contribution < 1.29 is 9.90 Å². The molecular weight excluding hydrogens is 202 g/mol. The molecule has 3 nitrogen and oxygen atoms in total. The molecular formula is C13H19NO2. The Morgan fingerprint density at radius 2 is 2.19 bits per heavy atom. The first-order valence-corrected chi connectivity index (χ1v) is 5.52. The average Bonchev–Trinajstić information content (AvgIpc) is 2.24. The Morgan fingerprint density at radius 3 is 2.62 bits per heavy atom. The minimum atomic E-state index is -0.345. The molecule has 0 aliphatic carbocycles. The zero-order chi connectivity index (χ0) is 12.1. The van der Waals surface area contributed by atoms with Crippen LogP contribution in [0.5, 0.6) is 0 Å². The van der Waals surface area contributed by atoms with Crippen LogP contribution in [-0.4, -0.2) is 35.1 Å². The number of rotatable bonds is 4. The minimum absolute atomic E-state index is 0.0564. The molecule has 1 amide bonds. The van der Waals surface area contributed by atoms with E-state index in [1.165, 1.54) is 0 Å². The van der Waals surface area contributed by atoms with Gasteiger partial charge < -0.3 is 10.0 Å². The molecule has 1 atom stereocenters. The van der Waals surface area contributed by atoms with E-state index in [0.29, 0.717) is 13.1 Å². The second-order valence-corrected chi connectivity index (χ2v) is 4.02. The van der Waals surface area contributed by atoms with Crippen molar-refractivity contribution in [3.05, 3.63) is 36.5 Å². The van der Waals surface area contributed by atoms with Gasteiger partial charge in [-0.05, 0) is 19.4 Å². The zero-order valence-corrected chi connectivity index (χ0v) is 9.89. The molecule has 1 rings (SSSR count). The maximum absolute atomic E-state index is 11.9. The van der Waals surface area contributed by atoms with E-state index in [1.54, 1.807) is 11.0 Å². The first-order valence-electron chi connectivity index (χ1n) is 5.52. The summed E-state index contributed by atoms with van der Waals surface area (Å²) in [4.78, 5) is 13.6. The molecule has 1 aliphatic heterocycles. The van der Waals surface area contributed by atoms with Gasteiger partial charge in [0.1, 0.15) is 0 Å². The van der Waals surface area contributed by atoms with Crippen molar-refractivity contribution in [2.24, 2.45) is 5.92 Å². The number of hydrogen-bond donors (Lipinski definition) is 1. The summed E-state index contributed by atoms with van der Waals surface area (Å²) < 4.78 is 0. The van der Waals surface area contributed by atoms with E-state index in [-0.39, 0.29) is 17.9 Å². The van der Waals surface area contributed by atoms with Gasteiger partial charge in [-0.2, -0.15) is 0 Å². The maximum Gasteiger partial charge on any atom is 0.230 e. The Kier molecular flexibility index (Phi) is 4.50. The fourth-order valence-corrected chi connectivity index (χ4v) is 1.65. The predicted molar refractivity (Wildman–Crippen MR) is 64.8 cm³/mol. The van der Waals surface area contributed by atoms with Gasteiger partial charge in [0.15, 0.2) is 0 Å². The van der Waals surface area contributed by atoms with Gasteiger partial charge in [0.05, 0.1) is 12.0 Å². The number of amides is 1. The van der Waals surface area contributed by atoms with Gasteiger partial charge >= 0.3 is 0 Å². The predicted octanol–water partition coefficient (Wildman–Crippen LogP) is 1.51. The highest BCUT2D eigenvalue weighted by atomic mass is 16.3. The van der Waals surface area contributed by atoms with Crippen molar-refractivity contribution in [1.82, 2.24) is 4.90 Å². The molecule has 0 saturated carbocycles. The molecule has 1 aliphatic rings. The summed E-state index contributed by atoms with van der Waals surface area (Å²) in [6.45, 7) is 8.42. The summed E-state index contributed by atoms with van der Waals surface area (Å²) in [7, 11) is 0. The van der Waals surface area contributed by atoms with Crippen LogP contribution in [-0.2, 0) is 4.79 Å². The average molecular weight is 221 g/mol. The lowest BCUT2D eigenvalue weighted by Crippen LogP contribution is -2.55. The summed E-state index contributed by atoms with van der Waals surface area (Å²) in [5, 5.41) is 9.15. The quantitative estimate of drug-likeness (QED) is 0.731. The van der Waals surface area contributed by atoms with Gasteiger partial charge in [0, 0.05) is 13.1 Å². The monoisotopic (exact) mass is 221 g/mol. The topological polar surface area (TPSA) is 40.5 Å². The first-order chi connectivity index (χ1) is 7.60. The van der Waals surface area contributed by atoms with Crippen molar-refractivity contribution >= 4 is 5.91 Å². The number of likely N-dealkylation sites (tertiary alicyclic amines) is 1. The lowest BCUT2D eigenvalue weighted by atomic mass is 9.97. The Balaban J connectivity index is 2.64. The lowest BCUT2D eigenvalue weighted by Gasteiger charge is -2.37. The van der Waals surface area contributed by atoms with E-state index in [4.69, 9.17) is 5.11 Å². The Hall–Kier alpha value is -1.35. The molecule has 1 N–H and O–H groups in total. The number of carbonyl (C=O) groups excluding carboxylic acids is 1. The minimum Gasteiger partial charge on any atom is -0.389 e. The molecule has 0 bridgehead atoms. The van der Waals surface area contributed by atoms with Crippen molar-refractivity contribution in [3.8, 4) is 0 Å². The highest BCUT2D eigenvalue weighted by Crippen LogP contribution is 2.19. The maximum atomic E-state index is 11.9. The van der Waals surface area contributed by atoms with Crippen LogP contribution < -0.4 is 0 Å². The third-order valence-electron chi connectivity index (χ3n) is 2.76. The van der Waals surface area contributed by atoms with Crippen LogP contribution in [0.25, 0.3) is 0 Å².